The summed E-state index contributed by atoms with van der Waals surface area (Å²) < 4.78 is 0. The van der Waals surface area contributed by atoms with E-state index in [0.717, 1.165) is 16.0 Å². The second-order valence-corrected chi connectivity index (χ2v) is 8.33. The summed E-state index contributed by atoms with van der Waals surface area (Å²) in [5, 5.41) is 10.7. The lowest BCUT2D eigenvalue weighted by molar-refractivity contribution is -0.110. The highest BCUT2D eigenvalue weighted by Crippen LogP contribution is 2.41. The maximum absolute atomic E-state index is 11.7. The number of hydrogen-bond acceptors (Lipinski definition) is 3. The molecule has 0 aliphatic rings. The predicted molar refractivity (Wildman–Crippen MR) is 86.7 cm³/mol. The van der Waals surface area contributed by atoms with E-state index < -0.39 is 0 Å². The van der Waals surface area contributed by atoms with E-state index in [4.69, 9.17) is 0 Å². The minimum atomic E-state index is -0.157. The quantitative estimate of drug-likeness (QED) is 0.778. The van der Waals surface area contributed by atoms with Gasteiger partial charge >= 0.3 is 0 Å². The topological polar surface area (TPSA) is 37.3 Å². The fourth-order valence-electron chi connectivity index (χ4n) is 2.01. The first-order chi connectivity index (χ1) is 8.96. The van der Waals surface area contributed by atoms with Crippen LogP contribution in [0.15, 0.2) is 17.0 Å². The summed E-state index contributed by atoms with van der Waals surface area (Å²) in [6, 6.07) is 3.89. The third-order valence-electron chi connectivity index (χ3n) is 3.22. The Morgan fingerprint density at radius 3 is 1.75 bits per heavy atom. The van der Waals surface area contributed by atoms with Gasteiger partial charge < -0.3 is 5.11 Å². The first-order valence-electron chi connectivity index (χ1n) is 7.05. The fourth-order valence-corrected chi connectivity index (χ4v) is 2.77. The van der Waals surface area contributed by atoms with Gasteiger partial charge in [0.1, 0.15) is 5.75 Å². The highest BCUT2D eigenvalue weighted by molar-refractivity contribution is 8.13. The largest absolute Gasteiger partial charge is 0.507 e. The van der Waals surface area contributed by atoms with E-state index in [9.17, 15) is 9.90 Å². The summed E-state index contributed by atoms with van der Waals surface area (Å²) in [6.45, 7) is 14.3. The molecular weight excluding hydrogens is 268 g/mol. The molecule has 1 aromatic carbocycles. The molecule has 0 aliphatic heterocycles. The first kappa shape index (κ1) is 17.1. The van der Waals surface area contributed by atoms with E-state index in [1.54, 1.807) is 0 Å². The number of phenols is 1. The molecule has 112 valence electrons. The molecule has 2 nitrogen and oxygen atoms in total. The maximum atomic E-state index is 11.7. The van der Waals surface area contributed by atoms with E-state index in [1.807, 2.05) is 19.1 Å². The molecule has 0 fully saturated rings. The number of carbonyl (C=O) groups excluding carboxylic acids is 1. The molecular formula is C17H26O2S. The number of hydrogen-bond donors (Lipinski definition) is 1. The second-order valence-electron chi connectivity index (χ2n) is 7.19. The normalized spacial score (nSPS) is 12.6. The average molecular weight is 294 g/mol. The molecule has 0 aliphatic carbocycles. The Bertz CT molecular complexity index is 470. The van der Waals surface area contributed by atoms with Gasteiger partial charge in [-0.1, -0.05) is 60.2 Å². The van der Waals surface area contributed by atoms with Crippen LogP contribution in [-0.2, 0) is 15.6 Å². The van der Waals surface area contributed by atoms with Crippen molar-refractivity contribution in [2.24, 2.45) is 0 Å². The number of benzene rings is 1. The summed E-state index contributed by atoms with van der Waals surface area (Å²) in [5.41, 5.74) is 1.49. The minimum absolute atomic E-state index is 0.149. The average Bonchev–Trinajstić information content (AvgIpc) is 2.28. The lowest BCUT2D eigenvalue weighted by Crippen LogP contribution is -2.17. The Morgan fingerprint density at radius 2 is 1.45 bits per heavy atom. The van der Waals surface area contributed by atoms with Crippen LogP contribution >= 0.6 is 11.8 Å². The third-order valence-corrected chi connectivity index (χ3v) is 4.21. The van der Waals surface area contributed by atoms with Crippen molar-refractivity contribution in [3.8, 4) is 5.75 Å². The zero-order chi connectivity index (χ0) is 15.7. The highest BCUT2D eigenvalue weighted by atomic mass is 32.2. The van der Waals surface area contributed by atoms with Crippen molar-refractivity contribution < 1.29 is 9.90 Å². The van der Waals surface area contributed by atoms with Crippen LogP contribution in [0.25, 0.3) is 0 Å². The van der Waals surface area contributed by atoms with Crippen molar-refractivity contribution in [1.82, 2.24) is 0 Å². The van der Waals surface area contributed by atoms with Crippen molar-refractivity contribution >= 4 is 16.9 Å². The molecule has 0 saturated carbocycles. The fraction of sp³-hybridized carbons (Fsp3) is 0.588. The van der Waals surface area contributed by atoms with Gasteiger partial charge in [0.25, 0.3) is 0 Å². The lowest BCUT2D eigenvalue weighted by Gasteiger charge is -2.28. The van der Waals surface area contributed by atoms with Crippen molar-refractivity contribution in [2.75, 3.05) is 0 Å². The molecule has 0 radical (unpaired) electrons. The van der Waals surface area contributed by atoms with Crippen LogP contribution in [0.4, 0.5) is 0 Å². The van der Waals surface area contributed by atoms with Gasteiger partial charge in [-0.05, 0) is 23.0 Å². The summed E-state index contributed by atoms with van der Waals surface area (Å²) in [7, 11) is 0. The van der Waals surface area contributed by atoms with Gasteiger partial charge in [0.2, 0.25) is 0 Å². The van der Waals surface area contributed by atoms with E-state index in [0.29, 0.717) is 12.2 Å². The summed E-state index contributed by atoms with van der Waals surface area (Å²) >= 11 is 1.26. The van der Waals surface area contributed by atoms with Crippen molar-refractivity contribution in [1.29, 1.82) is 0 Å². The van der Waals surface area contributed by atoms with Crippen molar-refractivity contribution in [3.63, 3.8) is 0 Å². The van der Waals surface area contributed by atoms with Crippen LogP contribution in [0, 0.1) is 0 Å². The smallest absolute Gasteiger partial charge is 0.193 e. The molecule has 1 rings (SSSR count). The number of carbonyl (C=O) groups is 1. The van der Waals surface area contributed by atoms with E-state index in [-0.39, 0.29) is 15.9 Å². The van der Waals surface area contributed by atoms with E-state index in [2.05, 4.69) is 41.5 Å². The molecule has 0 bridgehead atoms. The van der Waals surface area contributed by atoms with Gasteiger partial charge in [-0.15, -0.1) is 0 Å². The van der Waals surface area contributed by atoms with Crippen LogP contribution in [-0.4, -0.2) is 10.2 Å². The van der Waals surface area contributed by atoms with Crippen LogP contribution in [0.5, 0.6) is 5.75 Å². The molecule has 20 heavy (non-hydrogen) atoms. The highest BCUT2D eigenvalue weighted by Gasteiger charge is 2.26. The molecule has 0 aromatic heterocycles. The standard InChI is InChI=1S/C17H26O2S/c1-8-14(18)20-11-9-12(16(2,3)4)15(19)13(10-11)17(5,6)7/h9-10,19H,8H2,1-7H3. The zero-order valence-corrected chi connectivity index (χ0v) is 14.4. The van der Waals surface area contributed by atoms with E-state index in [1.165, 1.54) is 11.8 Å². The number of thioether (sulfide) groups is 1. The van der Waals surface area contributed by atoms with Crippen LogP contribution in [0.3, 0.4) is 0 Å². The molecule has 3 heteroatoms. The van der Waals surface area contributed by atoms with Gasteiger partial charge in [-0.3, -0.25) is 4.79 Å². The van der Waals surface area contributed by atoms with Crippen LogP contribution < -0.4 is 0 Å². The van der Waals surface area contributed by atoms with Crippen molar-refractivity contribution in [3.05, 3.63) is 23.3 Å². The van der Waals surface area contributed by atoms with Gasteiger partial charge in [0.05, 0.1) is 0 Å². The molecule has 0 saturated heterocycles. The summed E-state index contributed by atoms with van der Waals surface area (Å²) in [4.78, 5) is 12.6. The zero-order valence-electron chi connectivity index (χ0n) is 13.6. The summed E-state index contributed by atoms with van der Waals surface area (Å²) in [5.74, 6) is 0.360. The molecule has 0 spiro atoms. The van der Waals surface area contributed by atoms with Gasteiger partial charge in [0, 0.05) is 22.4 Å². The van der Waals surface area contributed by atoms with Gasteiger partial charge in [0.15, 0.2) is 5.12 Å². The van der Waals surface area contributed by atoms with Crippen molar-refractivity contribution in [2.45, 2.75) is 70.6 Å². The molecule has 1 N–H and O–H groups in total. The molecule has 1 aromatic rings. The monoisotopic (exact) mass is 294 g/mol. The first-order valence-corrected chi connectivity index (χ1v) is 7.87. The number of rotatable bonds is 2. The predicted octanol–water partition coefficient (Wildman–Crippen LogP) is 5.02. The Hall–Kier alpha value is -0.960. The van der Waals surface area contributed by atoms with Gasteiger partial charge in [-0.25, -0.2) is 0 Å². The molecule has 0 atom stereocenters. The minimum Gasteiger partial charge on any atom is -0.507 e. The Morgan fingerprint density at radius 1 is 1.05 bits per heavy atom. The Balaban J connectivity index is 3.46. The molecule has 0 heterocycles. The molecule has 0 amide bonds. The third kappa shape index (κ3) is 4.02. The Labute approximate surface area is 127 Å². The van der Waals surface area contributed by atoms with Crippen LogP contribution in [0.2, 0.25) is 0 Å². The SMILES string of the molecule is CCC(=O)Sc1cc(C(C)(C)C)c(O)c(C(C)(C)C)c1. The Kier molecular flexibility index (Phi) is 4.96. The lowest BCUT2D eigenvalue weighted by atomic mass is 9.79. The second kappa shape index (κ2) is 5.80. The van der Waals surface area contributed by atoms with Crippen LogP contribution in [0.1, 0.15) is 66.0 Å². The summed E-state index contributed by atoms with van der Waals surface area (Å²) in [6.07, 6.45) is 0.515. The molecule has 0 unspecified atom stereocenters. The van der Waals surface area contributed by atoms with E-state index >= 15 is 0 Å². The number of aromatic hydroxyl groups is 1. The number of phenolic OH excluding ortho intramolecular Hbond substituents is 1. The van der Waals surface area contributed by atoms with Gasteiger partial charge in [-0.2, -0.15) is 0 Å². The maximum Gasteiger partial charge on any atom is 0.193 e.